The molecule has 0 radical (unpaired) electrons. The molecule has 1 aromatic carbocycles. The van der Waals surface area contributed by atoms with Crippen molar-refractivity contribution in [2.24, 2.45) is 0 Å². The Balaban J connectivity index is 2.35. The minimum atomic E-state index is 0.588. The van der Waals surface area contributed by atoms with E-state index in [1.54, 1.807) is 27.5 Å². The van der Waals surface area contributed by atoms with Gasteiger partial charge in [0, 0.05) is 6.20 Å². The van der Waals surface area contributed by atoms with Crippen molar-refractivity contribution in [3.63, 3.8) is 0 Å². The second kappa shape index (κ2) is 6.61. The fourth-order valence-electron chi connectivity index (χ4n) is 1.85. The molecule has 2 aromatic rings. The molecule has 0 bridgehead atoms. The average molecular weight is 271 g/mol. The van der Waals surface area contributed by atoms with Gasteiger partial charge < -0.3 is 14.2 Å². The van der Waals surface area contributed by atoms with Crippen molar-refractivity contribution in [2.45, 2.75) is 0 Å². The topological polar surface area (TPSA) is 40.6 Å². The van der Waals surface area contributed by atoms with E-state index in [1.165, 1.54) is 0 Å². The first-order valence-corrected chi connectivity index (χ1v) is 6.17. The number of hydrogen-bond acceptors (Lipinski definition) is 4. The van der Waals surface area contributed by atoms with Gasteiger partial charge in [-0.1, -0.05) is 12.1 Å². The normalized spacial score (nSPS) is 10.6. The molecule has 0 N–H and O–H groups in total. The lowest BCUT2D eigenvalue weighted by Crippen LogP contribution is -1.95. The van der Waals surface area contributed by atoms with Crippen LogP contribution in [0, 0.1) is 0 Å². The van der Waals surface area contributed by atoms with E-state index in [4.69, 9.17) is 14.2 Å². The molecule has 0 aliphatic heterocycles. The highest BCUT2D eigenvalue weighted by Gasteiger charge is 2.11. The number of hydrogen-bond donors (Lipinski definition) is 0. The van der Waals surface area contributed by atoms with Crippen molar-refractivity contribution in [1.82, 2.24) is 4.98 Å². The second-order valence-electron chi connectivity index (χ2n) is 4.05. The molecule has 0 aliphatic rings. The largest absolute Gasteiger partial charge is 0.493 e. The summed E-state index contributed by atoms with van der Waals surface area (Å²) in [6.45, 7) is 0. The number of pyridine rings is 1. The maximum absolute atomic E-state index is 5.32. The molecule has 0 saturated carbocycles. The summed E-state index contributed by atoms with van der Waals surface area (Å²) in [5, 5.41) is 0. The molecule has 0 spiro atoms. The van der Waals surface area contributed by atoms with Crippen LogP contribution in [-0.4, -0.2) is 26.3 Å². The van der Waals surface area contributed by atoms with Crippen molar-refractivity contribution in [1.29, 1.82) is 0 Å². The summed E-state index contributed by atoms with van der Waals surface area (Å²) < 4.78 is 15.9. The summed E-state index contributed by atoms with van der Waals surface area (Å²) in [4.78, 5) is 4.24. The first-order valence-electron chi connectivity index (χ1n) is 6.17. The Hall–Kier alpha value is -2.49. The van der Waals surface area contributed by atoms with E-state index in [-0.39, 0.29) is 0 Å². The number of nitrogens with zero attached hydrogens (tertiary/aromatic N) is 1. The highest BCUT2D eigenvalue weighted by atomic mass is 16.5. The second-order valence-corrected chi connectivity index (χ2v) is 4.05. The molecule has 1 heterocycles. The van der Waals surface area contributed by atoms with Gasteiger partial charge in [0.25, 0.3) is 0 Å². The minimum absolute atomic E-state index is 0.588. The van der Waals surface area contributed by atoms with Crippen LogP contribution in [0.15, 0.2) is 36.5 Å². The molecule has 0 atom stereocenters. The van der Waals surface area contributed by atoms with Gasteiger partial charge >= 0.3 is 0 Å². The standard InChI is InChI=1S/C16H17NO3/c1-18-14-10-12(11-15(19-2)16(14)20-3)7-8-13-6-4-5-9-17-13/h4-11H,1-3H3/b8-7+. The zero-order chi connectivity index (χ0) is 14.4. The van der Waals surface area contributed by atoms with E-state index in [0.29, 0.717) is 17.2 Å². The SMILES string of the molecule is COc1cc(/C=C/c2ccccn2)cc(OC)c1OC. The molecule has 0 amide bonds. The van der Waals surface area contributed by atoms with Crippen LogP contribution >= 0.6 is 0 Å². The molecule has 2 rings (SSSR count). The number of benzene rings is 1. The van der Waals surface area contributed by atoms with E-state index in [0.717, 1.165) is 11.3 Å². The lowest BCUT2D eigenvalue weighted by atomic mass is 10.1. The van der Waals surface area contributed by atoms with Crippen LogP contribution in [-0.2, 0) is 0 Å². The van der Waals surface area contributed by atoms with Crippen LogP contribution < -0.4 is 14.2 Å². The molecular weight excluding hydrogens is 254 g/mol. The molecule has 4 nitrogen and oxygen atoms in total. The third-order valence-electron chi connectivity index (χ3n) is 2.82. The highest BCUT2D eigenvalue weighted by Crippen LogP contribution is 2.38. The van der Waals surface area contributed by atoms with Crippen molar-refractivity contribution >= 4 is 12.2 Å². The van der Waals surface area contributed by atoms with Crippen molar-refractivity contribution < 1.29 is 14.2 Å². The van der Waals surface area contributed by atoms with Gasteiger partial charge in [-0.3, -0.25) is 4.98 Å². The van der Waals surface area contributed by atoms with Crippen molar-refractivity contribution in [2.75, 3.05) is 21.3 Å². The fraction of sp³-hybridized carbons (Fsp3) is 0.188. The summed E-state index contributed by atoms with van der Waals surface area (Å²) >= 11 is 0. The third kappa shape index (κ3) is 3.09. The number of ether oxygens (including phenoxy) is 3. The minimum Gasteiger partial charge on any atom is -0.493 e. The van der Waals surface area contributed by atoms with E-state index in [1.807, 2.05) is 42.5 Å². The van der Waals surface area contributed by atoms with Crippen LogP contribution in [0.3, 0.4) is 0 Å². The molecular formula is C16H17NO3. The number of aromatic nitrogens is 1. The van der Waals surface area contributed by atoms with Gasteiger partial charge in [0.05, 0.1) is 27.0 Å². The number of methoxy groups -OCH3 is 3. The van der Waals surface area contributed by atoms with Crippen molar-refractivity contribution in [3.05, 3.63) is 47.8 Å². The monoisotopic (exact) mass is 271 g/mol. The Morgan fingerprint density at radius 3 is 2.10 bits per heavy atom. The van der Waals surface area contributed by atoms with Crippen LogP contribution in [0.5, 0.6) is 17.2 Å². The summed E-state index contributed by atoms with van der Waals surface area (Å²) in [7, 11) is 4.79. The fourth-order valence-corrected chi connectivity index (χ4v) is 1.85. The van der Waals surface area contributed by atoms with Crippen LogP contribution in [0.4, 0.5) is 0 Å². The molecule has 0 fully saturated rings. The molecule has 0 aliphatic carbocycles. The third-order valence-corrected chi connectivity index (χ3v) is 2.82. The van der Waals surface area contributed by atoms with E-state index < -0.39 is 0 Å². The lowest BCUT2D eigenvalue weighted by molar-refractivity contribution is 0.324. The Labute approximate surface area is 118 Å². The molecule has 0 saturated heterocycles. The first-order chi connectivity index (χ1) is 9.78. The zero-order valence-corrected chi connectivity index (χ0v) is 11.8. The number of rotatable bonds is 5. The molecule has 20 heavy (non-hydrogen) atoms. The predicted octanol–water partition coefficient (Wildman–Crippen LogP) is 3.28. The Morgan fingerprint density at radius 1 is 0.900 bits per heavy atom. The van der Waals surface area contributed by atoms with Crippen LogP contribution in [0.1, 0.15) is 11.3 Å². The molecule has 4 heteroatoms. The summed E-state index contributed by atoms with van der Waals surface area (Å²) in [5.41, 5.74) is 1.84. The highest BCUT2D eigenvalue weighted by molar-refractivity contribution is 5.71. The smallest absolute Gasteiger partial charge is 0.203 e. The Morgan fingerprint density at radius 2 is 1.60 bits per heavy atom. The first kappa shape index (κ1) is 13.9. The predicted molar refractivity (Wildman–Crippen MR) is 79.3 cm³/mol. The van der Waals surface area contributed by atoms with Gasteiger partial charge in [0.15, 0.2) is 11.5 Å². The summed E-state index contributed by atoms with van der Waals surface area (Å²) in [6.07, 6.45) is 5.64. The summed E-state index contributed by atoms with van der Waals surface area (Å²) in [5.74, 6) is 1.85. The van der Waals surface area contributed by atoms with Crippen LogP contribution in [0.2, 0.25) is 0 Å². The van der Waals surface area contributed by atoms with Gasteiger partial charge in [-0.25, -0.2) is 0 Å². The van der Waals surface area contributed by atoms with E-state index in [2.05, 4.69) is 4.98 Å². The summed E-state index contributed by atoms with van der Waals surface area (Å²) in [6, 6.07) is 9.55. The lowest BCUT2D eigenvalue weighted by Gasteiger charge is -2.12. The Bertz CT molecular complexity index is 569. The van der Waals surface area contributed by atoms with Gasteiger partial charge in [-0.2, -0.15) is 0 Å². The van der Waals surface area contributed by atoms with Gasteiger partial charge in [-0.15, -0.1) is 0 Å². The van der Waals surface area contributed by atoms with Crippen molar-refractivity contribution in [3.8, 4) is 17.2 Å². The molecule has 104 valence electrons. The maximum atomic E-state index is 5.32. The van der Waals surface area contributed by atoms with Gasteiger partial charge in [-0.05, 0) is 35.9 Å². The zero-order valence-electron chi connectivity index (χ0n) is 11.8. The quantitative estimate of drug-likeness (QED) is 0.836. The molecule has 1 aromatic heterocycles. The van der Waals surface area contributed by atoms with Gasteiger partial charge in [0.1, 0.15) is 0 Å². The van der Waals surface area contributed by atoms with E-state index in [9.17, 15) is 0 Å². The van der Waals surface area contributed by atoms with Gasteiger partial charge in [0.2, 0.25) is 5.75 Å². The maximum Gasteiger partial charge on any atom is 0.203 e. The average Bonchev–Trinajstić information content (AvgIpc) is 2.52. The Kier molecular flexibility index (Phi) is 4.60. The van der Waals surface area contributed by atoms with Crippen LogP contribution in [0.25, 0.3) is 12.2 Å². The van der Waals surface area contributed by atoms with E-state index >= 15 is 0 Å². The molecule has 0 unspecified atom stereocenters.